The maximum atomic E-state index is 11.0. The molecule has 0 unspecified atom stereocenters. The second kappa shape index (κ2) is 7.50. The van der Waals surface area contributed by atoms with Crippen molar-refractivity contribution in [2.24, 2.45) is 0 Å². The summed E-state index contributed by atoms with van der Waals surface area (Å²) in [6.07, 6.45) is 0.728. The lowest BCUT2D eigenvalue weighted by Gasteiger charge is -2.12. The topological polar surface area (TPSA) is 97.5 Å². The highest BCUT2D eigenvalue weighted by atomic mass is 16.7. The Morgan fingerprint density at radius 2 is 2.22 bits per heavy atom. The summed E-state index contributed by atoms with van der Waals surface area (Å²) in [6, 6.07) is 4.93. The number of carbonyl (C=O) groups excluding carboxylic acids is 1. The molecule has 1 aromatic heterocycles. The van der Waals surface area contributed by atoms with Crippen LogP contribution >= 0.6 is 0 Å². The molecule has 0 saturated heterocycles. The maximum absolute atomic E-state index is 11.0. The van der Waals surface area contributed by atoms with Crippen molar-refractivity contribution in [2.45, 2.75) is 13.8 Å². The summed E-state index contributed by atoms with van der Waals surface area (Å²) in [5.74, 6) is 0.644. The van der Waals surface area contributed by atoms with Crippen LogP contribution in [0.5, 0.6) is 5.75 Å². The molecule has 23 heavy (non-hydrogen) atoms. The zero-order valence-corrected chi connectivity index (χ0v) is 13.2. The number of benzene rings is 1. The number of hydrogen-bond donors (Lipinski definition) is 2. The van der Waals surface area contributed by atoms with Crippen LogP contribution in [0.3, 0.4) is 0 Å². The lowest BCUT2D eigenvalue weighted by atomic mass is 10.1. The van der Waals surface area contributed by atoms with Crippen LogP contribution in [-0.2, 0) is 4.74 Å². The molecule has 2 N–H and O–H groups in total. The van der Waals surface area contributed by atoms with E-state index in [1.165, 1.54) is 0 Å². The minimum absolute atomic E-state index is 0.0476. The number of ether oxygens (including phenoxy) is 2. The Labute approximate surface area is 133 Å². The van der Waals surface area contributed by atoms with Crippen molar-refractivity contribution in [1.82, 2.24) is 10.1 Å². The van der Waals surface area contributed by atoms with Gasteiger partial charge in [0.1, 0.15) is 17.7 Å². The molecule has 2 rings (SSSR count). The van der Waals surface area contributed by atoms with E-state index in [0.717, 1.165) is 6.29 Å². The minimum Gasteiger partial charge on any atom is -0.467 e. The van der Waals surface area contributed by atoms with Gasteiger partial charge in [0, 0.05) is 22.6 Å². The van der Waals surface area contributed by atoms with Crippen molar-refractivity contribution in [1.29, 1.82) is 0 Å². The smallest absolute Gasteiger partial charge is 0.449 e. The van der Waals surface area contributed by atoms with Crippen LogP contribution in [-0.4, -0.2) is 42.0 Å². The quantitative estimate of drug-likeness (QED) is 0.260. The van der Waals surface area contributed by atoms with Gasteiger partial charge in [-0.15, -0.1) is 0 Å². The van der Waals surface area contributed by atoms with Crippen molar-refractivity contribution in [2.75, 3.05) is 25.8 Å². The molecule has 0 spiro atoms. The number of anilines is 1. The first-order valence-corrected chi connectivity index (χ1v) is 7.08. The van der Waals surface area contributed by atoms with E-state index in [-0.39, 0.29) is 12.7 Å². The number of aromatic nitrogens is 3. The molecule has 0 atom stereocenters. The van der Waals surface area contributed by atoms with Crippen molar-refractivity contribution >= 4 is 12.2 Å². The van der Waals surface area contributed by atoms with E-state index in [1.54, 1.807) is 32.2 Å². The van der Waals surface area contributed by atoms with Gasteiger partial charge in [-0.25, -0.2) is 0 Å². The molecule has 0 aliphatic rings. The highest BCUT2D eigenvalue weighted by molar-refractivity contribution is 5.79. The first-order chi connectivity index (χ1) is 11.1. The number of nitrogens with one attached hydrogen (secondary N) is 1. The lowest BCUT2D eigenvalue weighted by Crippen LogP contribution is -2.39. The summed E-state index contributed by atoms with van der Waals surface area (Å²) in [5.41, 5.74) is 2.11. The predicted molar refractivity (Wildman–Crippen MR) is 81.6 cm³/mol. The molecule has 122 valence electrons. The molecule has 0 amide bonds. The Morgan fingerprint density at radius 1 is 1.43 bits per heavy atom. The maximum Gasteiger partial charge on any atom is 0.449 e. The average Bonchev–Trinajstić information content (AvgIpc) is 2.56. The number of hydrogen-bond acceptors (Lipinski definition) is 7. The summed E-state index contributed by atoms with van der Waals surface area (Å²) in [7, 11) is 1.63. The molecule has 8 heteroatoms. The van der Waals surface area contributed by atoms with Crippen molar-refractivity contribution < 1.29 is 24.3 Å². The van der Waals surface area contributed by atoms with Gasteiger partial charge in [0.25, 0.3) is 0 Å². The Morgan fingerprint density at radius 3 is 2.87 bits per heavy atom. The molecule has 1 aromatic carbocycles. The van der Waals surface area contributed by atoms with Gasteiger partial charge in [-0.1, -0.05) is 16.1 Å². The summed E-state index contributed by atoms with van der Waals surface area (Å²) >= 11 is 0. The molecule has 2 aromatic rings. The van der Waals surface area contributed by atoms with E-state index in [9.17, 15) is 10.0 Å². The van der Waals surface area contributed by atoms with Crippen molar-refractivity contribution in [3.63, 3.8) is 0 Å². The molecule has 8 nitrogen and oxygen atoms in total. The zero-order chi connectivity index (χ0) is 16.8. The van der Waals surface area contributed by atoms with Crippen LogP contribution in [0.1, 0.15) is 23.0 Å². The molecule has 0 radical (unpaired) electrons. The Hall–Kier alpha value is -2.74. The van der Waals surface area contributed by atoms with Gasteiger partial charge in [0.05, 0.1) is 7.05 Å². The number of carbonyl (C=O) groups is 1. The molecule has 0 bridgehead atoms. The summed E-state index contributed by atoms with van der Waals surface area (Å²) in [6.45, 7) is 4.18. The fourth-order valence-corrected chi connectivity index (χ4v) is 1.99. The minimum atomic E-state index is 0.0476. The van der Waals surface area contributed by atoms with Crippen LogP contribution in [0.4, 0.5) is 5.95 Å². The highest BCUT2D eigenvalue weighted by Gasteiger charge is 2.20. The van der Waals surface area contributed by atoms with E-state index < -0.39 is 0 Å². The van der Waals surface area contributed by atoms with Gasteiger partial charge in [0.15, 0.2) is 12.5 Å². The summed E-state index contributed by atoms with van der Waals surface area (Å²) in [5, 5.41) is 16.7. The van der Waals surface area contributed by atoms with E-state index in [2.05, 4.69) is 15.4 Å². The number of rotatable bonds is 7. The van der Waals surface area contributed by atoms with Gasteiger partial charge < -0.3 is 14.7 Å². The van der Waals surface area contributed by atoms with Gasteiger partial charge in [-0.3, -0.25) is 10.1 Å². The first-order valence-electron chi connectivity index (χ1n) is 7.08. The molecule has 0 aliphatic heterocycles. The van der Waals surface area contributed by atoms with E-state index >= 15 is 0 Å². The second-order valence-electron chi connectivity index (χ2n) is 4.64. The standard InChI is InChI=1S/C15H18N4O4/c1-4-22-9-23-13-7-11(8-20)5-6-12(13)14-10(2)17-15(16-3)19(21)18-14/h5-8,21H,4,9H2,1-3H3/p+1. The van der Waals surface area contributed by atoms with E-state index in [1.807, 2.05) is 6.92 Å². The zero-order valence-electron chi connectivity index (χ0n) is 13.2. The number of aldehydes is 1. The molecule has 0 saturated carbocycles. The third-order valence-corrected chi connectivity index (χ3v) is 3.12. The van der Waals surface area contributed by atoms with Crippen molar-refractivity contribution in [3.05, 3.63) is 29.5 Å². The van der Waals surface area contributed by atoms with Crippen LogP contribution in [0.15, 0.2) is 18.2 Å². The van der Waals surface area contributed by atoms with Gasteiger partial charge in [-0.05, 0) is 26.0 Å². The van der Waals surface area contributed by atoms with Gasteiger partial charge in [-0.2, -0.15) is 0 Å². The predicted octanol–water partition coefficient (Wildman–Crippen LogP) is 1.20. The first kappa shape index (κ1) is 16.6. The third kappa shape index (κ3) is 3.72. The van der Waals surface area contributed by atoms with E-state index in [0.29, 0.717) is 39.7 Å². The number of aryl methyl sites for hydroxylation is 1. The van der Waals surface area contributed by atoms with Crippen LogP contribution in [0, 0.1) is 6.92 Å². The number of nitrogens with zero attached hydrogens (tertiary/aromatic N) is 3. The monoisotopic (exact) mass is 319 g/mol. The normalized spacial score (nSPS) is 10.4. The second-order valence-corrected chi connectivity index (χ2v) is 4.64. The van der Waals surface area contributed by atoms with Crippen LogP contribution in [0.2, 0.25) is 0 Å². The van der Waals surface area contributed by atoms with E-state index in [4.69, 9.17) is 9.47 Å². The fourth-order valence-electron chi connectivity index (χ4n) is 1.99. The molecule has 0 fully saturated rings. The molecule has 0 aliphatic carbocycles. The summed E-state index contributed by atoms with van der Waals surface area (Å²) < 4.78 is 10.8. The summed E-state index contributed by atoms with van der Waals surface area (Å²) in [4.78, 5) is 15.9. The van der Waals surface area contributed by atoms with Crippen LogP contribution < -0.4 is 14.9 Å². The Kier molecular flexibility index (Phi) is 5.42. The van der Waals surface area contributed by atoms with Crippen LogP contribution in [0.25, 0.3) is 11.3 Å². The fraction of sp³-hybridized carbons (Fsp3) is 0.333. The Balaban J connectivity index is 2.49. The van der Waals surface area contributed by atoms with Gasteiger partial charge >= 0.3 is 5.95 Å². The van der Waals surface area contributed by atoms with Crippen molar-refractivity contribution in [3.8, 4) is 17.0 Å². The third-order valence-electron chi connectivity index (χ3n) is 3.12. The molecular weight excluding hydrogens is 300 g/mol. The highest BCUT2D eigenvalue weighted by Crippen LogP contribution is 2.30. The average molecular weight is 319 g/mol. The van der Waals surface area contributed by atoms with Gasteiger partial charge in [0.2, 0.25) is 0 Å². The Bertz CT molecular complexity index is 706. The molecular formula is C15H19N4O4+. The molecule has 1 heterocycles. The SMILES string of the molecule is CCOCOc1cc(C=O)ccc1-c1n[n+](O)c(NC)nc1C. The largest absolute Gasteiger partial charge is 0.467 e. The lowest BCUT2D eigenvalue weighted by molar-refractivity contribution is -0.938.